The number of fused-ring (bicyclic) bond motifs is 2. The van der Waals surface area contributed by atoms with Crippen molar-refractivity contribution in [2.24, 2.45) is 0 Å². The van der Waals surface area contributed by atoms with Gasteiger partial charge in [0.1, 0.15) is 17.1 Å². The fraction of sp³-hybridized carbons (Fsp3) is 0.161. The highest BCUT2D eigenvalue weighted by molar-refractivity contribution is 8.00. The minimum absolute atomic E-state index is 0.0240. The normalized spacial score (nSPS) is 12.6. The lowest BCUT2D eigenvalue weighted by Crippen LogP contribution is -2.35. The van der Waals surface area contributed by atoms with Crippen molar-refractivity contribution in [2.75, 3.05) is 24.4 Å². The molecule has 1 N–H and O–H groups in total. The molecule has 0 aromatic heterocycles. The number of carbonyl (C=O) groups excluding carboxylic acids is 2. The Morgan fingerprint density at radius 2 is 1.44 bits per heavy atom. The molecule has 6 nitrogen and oxygen atoms in total. The number of para-hydroxylation sites is 2. The van der Waals surface area contributed by atoms with E-state index in [0.29, 0.717) is 29.2 Å². The molecule has 2 amide bonds. The first-order chi connectivity index (χ1) is 19.0. The van der Waals surface area contributed by atoms with E-state index in [1.54, 1.807) is 30.0 Å². The quantitative estimate of drug-likeness (QED) is 0.225. The van der Waals surface area contributed by atoms with Crippen LogP contribution in [0.3, 0.4) is 0 Å². The van der Waals surface area contributed by atoms with E-state index in [2.05, 4.69) is 5.32 Å². The summed E-state index contributed by atoms with van der Waals surface area (Å²) >= 11 is 3.17. The van der Waals surface area contributed by atoms with Crippen molar-refractivity contribution in [2.45, 2.75) is 33.3 Å². The number of thioether (sulfide) groups is 1. The minimum Gasteiger partial charge on any atom is -0.496 e. The second-order valence-electron chi connectivity index (χ2n) is 8.75. The number of carbonyl (C=O) groups is 2. The maximum Gasteiger partial charge on any atom is 0.263 e. The molecular weight excluding hydrogens is 528 g/mol. The third kappa shape index (κ3) is 5.48. The van der Waals surface area contributed by atoms with Gasteiger partial charge in [-0.05, 0) is 61.0 Å². The molecule has 198 valence electrons. The number of ether oxygens (including phenoxy) is 2. The number of rotatable bonds is 8. The molecule has 0 fully saturated rings. The molecule has 0 bridgehead atoms. The van der Waals surface area contributed by atoms with E-state index in [0.717, 1.165) is 26.1 Å². The fourth-order valence-corrected chi connectivity index (χ4v) is 6.59. The first-order valence-electron chi connectivity index (χ1n) is 12.5. The first kappa shape index (κ1) is 26.7. The van der Waals surface area contributed by atoms with Crippen molar-refractivity contribution in [3.05, 3.63) is 96.6 Å². The Bertz CT molecular complexity index is 1460. The zero-order chi connectivity index (χ0) is 27.4. The Labute approximate surface area is 236 Å². The molecule has 1 aliphatic heterocycles. The van der Waals surface area contributed by atoms with E-state index in [-0.39, 0.29) is 17.1 Å². The van der Waals surface area contributed by atoms with Crippen molar-refractivity contribution in [3.8, 4) is 11.5 Å². The van der Waals surface area contributed by atoms with Crippen LogP contribution in [0.4, 0.5) is 17.1 Å². The molecule has 4 aromatic carbocycles. The summed E-state index contributed by atoms with van der Waals surface area (Å²) in [4.78, 5) is 32.1. The van der Waals surface area contributed by atoms with Gasteiger partial charge in [-0.15, -0.1) is 11.8 Å². The zero-order valence-corrected chi connectivity index (χ0v) is 23.5. The second-order valence-corrected chi connectivity index (χ2v) is 11.1. The summed E-state index contributed by atoms with van der Waals surface area (Å²) < 4.78 is 10.8. The van der Waals surface area contributed by atoms with E-state index < -0.39 is 0 Å². The summed E-state index contributed by atoms with van der Waals surface area (Å²) in [7, 11) is 3.03. The van der Waals surface area contributed by atoms with Crippen molar-refractivity contribution < 1.29 is 19.1 Å². The lowest BCUT2D eigenvalue weighted by Gasteiger charge is -2.33. The molecular formula is C31H28N2O4S2. The molecule has 8 heteroatoms. The fourth-order valence-electron chi connectivity index (χ4n) is 4.47. The number of methoxy groups -OCH3 is 2. The van der Waals surface area contributed by atoms with Crippen molar-refractivity contribution >= 4 is 52.4 Å². The molecule has 1 atom stereocenters. The molecule has 0 aliphatic carbocycles. The molecule has 1 heterocycles. The maximum atomic E-state index is 14.0. The topological polar surface area (TPSA) is 67.9 Å². The molecule has 4 aromatic rings. The van der Waals surface area contributed by atoms with Gasteiger partial charge < -0.3 is 14.8 Å². The summed E-state index contributed by atoms with van der Waals surface area (Å²) in [5, 5.41) is 2.62. The largest absolute Gasteiger partial charge is 0.496 e. The van der Waals surface area contributed by atoms with Crippen LogP contribution in [0, 0.1) is 0 Å². The van der Waals surface area contributed by atoms with E-state index in [4.69, 9.17) is 9.47 Å². The van der Waals surface area contributed by atoms with Crippen molar-refractivity contribution in [1.82, 2.24) is 0 Å². The first-order valence-corrected chi connectivity index (χ1v) is 14.2. The average molecular weight is 557 g/mol. The Hall–Kier alpha value is -3.88. The zero-order valence-electron chi connectivity index (χ0n) is 21.8. The summed E-state index contributed by atoms with van der Waals surface area (Å²) in [6, 6.07) is 28.7. The van der Waals surface area contributed by atoms with Gasteiger partial charge in [-0.25, -0.2) is 0 Å². The highest BCUT2D eigenvalue weighted by Gasteiger charge is 2.32. The molecule has 1 unspecified atom stereocenters. The van der Waals surface area contributed by atoms with Crippen LogP contribution in [0.15, 0.2) is 106 Å². The van der Waals surface area contributed by atoms with Crippen LogP contribution in [0.5, 0.6) is 11.5 Å². The van der Waals surface area contributed by atoms with Crippen LogP contribution >= 0.6 is 23.5 Å². The van der Waals surface area contributed by atoms with Gasteiger partial charge in [-0.1, -0.05) is 55.1 Å². The minimum atomic E-state index is -0.339. The number of hydrogen-bond donors (Lipinski definition) is 1. The number of nitrogens with zero attached hydrogens (tertiary/aromatic N) is 1. The third-order valence-corrected chi connectivity index (χ3v) is 8.80. The Morgan fingerprint density at radius 3 is 2.03 bits per heavy atom. The lowest BCUT2D eigenvalue weighted by atomic mass is 10.1. The number of hydrogen-bond acceptors (Lipinski definition) is 6. The predicted octanol–water partition coefficient (Wildman–Crippen LogP) is 7.66. The summed E-state index contributed by atoms with van der Waals surface area (Å²) in [6.07, 6.45) is 0.645. The van der Waals surface area contributed by atoms with Crippen LogP contribution in [-0.2, 0) is 4.79 Å². The van der Waals surface area contributed by atoms with Gasteiger partial charge in [0.15, 0.2) is 0 Å². The van der Waals surface area contributed by atoms with E-state index in [1.807, 2.05) is 84.6 Å². The van der Waals surface area contributed by atoms with Gasteiger partial charge in [-0.3, -0.25) is 14.5 Å². The summed E-state index contributed by atoms with van der Waals surface area (Å²) in [5.41, 5.74) is 2.74. The molecule has 39 heavy (non-hydrogen) atoms. The highest BCUT2D eigenvalue weighted by atomic mass is 32.2. The van der Waals surface area contributed by atoms with Gasteiger partial charge >= 0.3 is 0 Å². The highest BCUT2D eigenvalue weighted by Crippen LogP contribution is 2.49. The second kappa shape index (κ2) is 11.9. The third-order valence-electron chi connectivity index (χ3n) is 6.32. The number of nitrogens with one attached hydrogen (secondary N) is 1. The Kier molecular flexibility index (Phi) is 8.14. The van der Waals surface area contributed by atoms with Crippen LogP contribution in [-0.4, -0.2) is 31.3 Å². The van der Waals surface area contributed by atoms with E-state index in [1.165, 1.54) is 26.0 Å². The van der Waals surface area contributed by atoms with Gasteiger partial charge in [0.25, 0.3) is 5.91 Å². The summed E-state index contributed by atoms with van der Waals surface area (Å²) in [5.74, 6) is 0.535. The average Bonchev–Trinajstić information content (AvgIpc) is 2.97. The van der Waals surface area contributed by atoms with E-state index in [9.17, 15) is 9.59 Å². The Balaban J connectivity index is 1.39. The van der Waals surface area contributed by atoms with Gasteiger partial charge in [0.05, 0.1) is 30.8 Å². The summed E-state index contributed by atoms with van der Waals surface area (Å²) in [6.45, 7) is 2.02. The molecule has 1 aliphatic rings. The van der Waals surface area contributed by atoms with Gasteiger partial charge in [0.2, 0.25) is 5.91 Å². The van der Waals surface area contributed by atoms with Crippen LogP contribution in [0.25, 0.3) is 0 Å². The standard InChI is InChI=1S/C31H28N2O4S2/c1-4-26(31(35)33-22-13-5-7-17-27(22)39-28-18-8-6-14-23(28)33)38-21-12-9-11-20(19-21)32-30(34)29-24(36-2)15-10-16-25(29)37-3/h5-19,26H,4H2,1-3H3,(H,32,34). The SMILES string of the molecule is CCC(Sc1cccc(NC(=O)c2c(OC)cccc2OC)c1)C(=O)N1c2ccccc2Sc2ccccc21. The smallest absolute Gasteiger partial charge is 0.263 e. The van der Waals surface area contributed by atoms with Crippen LogP contribution < -0.4 is 19.7 Å². The molecule has 0 radical (unpaired) electrons. The van der Waals surface area contributed by atoms with Gasteiger partial charge in [0, 0.05) is 20.4 Å². The number of amides is 2. The molecule has 0 saturated carbocycles. The van der Waals surface area contributed by atoms with Crippen LogP contribution in [0.2, 0.25) is 0 Å². The van der Waals surface area contributed by atoms with Crippen LogP contribution in [0.1, 0.15) is 23.7 Å². The number of benzene rings is 4. The van der Waals surface area contributed by atoms with Crippen molar-refractivity contribution in [3.63, 3.8) is 0 Å². The monoisotopic (exact) mass is 556 g/mol. The predicted molar refractivity (Wildman–Crippen MR) is 158 cm³/mol. The maximum absolute atomic E-state index is 14.0. The van der Waals surface area contributed by atoms with Gasteiger partial charge in [-0.2, -0.15) is 0 Å². The molecule has 0 spiro atoms. The lowest BCUT2D eigenvalue weighted by molar-refractivity contribution is -0.117. The van der Waals surface area contributed by atoms with E-state index >= 15 is 0 Å². The van der Waals surface area contributed by atoms with Crippen molar-refractivity contribution in [1.29, 1.82) is 0 Å². The Morgan fingerprint density at radius 1 is 0.846 bits per heavy atom. The molecule has 0 saturated heterocycles. The molecule has 5 rings (SSSR count). The number of anilines is 3.